The van der Waals surface area contributed by atoms with E-state index in [0.29, 0.717) is 13.0 Å². The minimum Gasteiger partial charge on any atom is -0.480 e. The van der Waals surface area contributed by atoms with Gasteiger partial charge in [-0.15, -0.1) is 0 Å². The first kappa shape index (κ1) is 15.0. The lowest BCUT2D eigenvalue weighted by atomic mass is 9.87. The quantitative estimate of drug-likeness (QED) is 0.886. The van der Waals surface area contributed by atoms with Gasteiger partial charge in [0.05, 0.1) is 0 Å². The molecule has 20 heavy (non-hydrogen) atoms. The Kier molecular flexibility index (Phi) is 3.89. The number of carboxylic acid groups (broad SMARTS) is 1. The monoisotopic (exact) mass is 276 g/mol. The lowest BCUT2D eigenvalue weighted by Crippen LogP contribution is -2.50. The first-order valence-corrected chi connectivity index (χ1v) is 7.05. The molecule has 1 heterocycles. The van der Waals surface area contributed by atoms with Gasteiger partial charge in [0, 0.05) is 19.6 Å². The number of carboxylic acids is 1. The van der Waals surface area contributed by atoms with E-state index in [1.807, 2.05) is 0 Å². The molecule has 1 saturated heterocycles. The first-order valence-electron chi connectivity index (χ1n) is 7.05. The Morgan fingerprint density at radius 3 is 2.40 bits per heavy atom. The van der Waals surface area contributed by atoms with Gasteiger partial charge in [-0.25, -0.2) is 0 Å². The minimum absolute atomic E-state index is 0.155. The topological polar surface area (TPSA) is 66.6 Å². The van der Waals surface area contributed by atoms with Crippen molar-refractivity contribution in [2.45, 2.75) is 44.7 Å². The number of hydrogen-bond donors (Lipinski definition) is 2. The second kappa shape index (κ2) is 5.19. The van der Waals surface area contributed by atoms with Crippen LogP contribution in [0.5, 0.6) is 0 Å². The molecular weight excluding hydrogens is 252 g/mol. The fourth-order valence-corrected chi connectivity index (χ4v) is 2.59. The Morgan fingerprint density at radius 2 is 1.95 bits per heavy atom. The van der Waals surface area contributed by atoms with Crippen molar-refractivity contribution in [3.05, 3.63) is 35.4 Å². The van der Waals surface area contributed by atoms with Crippen LogP contribution in [0.25, 0.3) is 0 Å². The number of nitrogens with two attached hydrogens (primary N) is 1. The van der Waals surface area contributed by atoms with Crippen molar-refractivity contribution in [2.75, 3.05) is 13.1 Å². The van der Waals surface area contributed by atoms with Crippen LogP contribution in [-0.4, -0.2) is 34.6 Å². The van der Waals surface area contributed by atoms with Gasteiger partial charge in [0.15, 0.2) is 0 Å². The van der Waals surface area contributed by atoms with Crippen LogP contribution in [0.2, 0.25) is 0 Å². The molecule has 1 aromatic carbocycles. The van der Waals surface area contributed by atoms with Gasteiger partial charge in [0.25, 0.3) is 0 Å². The minimum atomic E-state index is -1.08. The summed E-state index contributed by atoms with van der Waals surface area (Å²) in [5.74, 6) is -0.900. The van der Waals surface area contributed by atoms with Crippen molar-refractivity contribution in [2.24, 2.45) is 5.73 Å². The van der Waals surface area contributed by atoms with Gasteiger partial charge < -0.3 is 10.8 Å². The van der Waals surface area contributed by atoms with Crippen LogP contribution in [0.1, 0.15) is 38.3 Å². The number of carbonyl (C=O) groups is 1. The molecule has 1 atom stereocenters. The van der Waals surface area contributed by atoms with E-state index in [4.69, 9.17) is 10.8 Å². The maximum atomic E-state index is 11.1. The normalized spacial score (nSPS) is 24.0. The zero-order valence-electron chi connectivity index (χ0n) is 12.5. The summed E-state index contributed by atoms with van der Waals surface area (Å²) in [5, 5.41) is 9.13. The number of hydrogen-bond acceptors (Lipinski definition) is 3. The largest absolute Gasteiger partial charge is 0.480 e. The van der Waals surface area contributed by atoms with E-state index in [-0.39, 0.29) is 5.41 Å². The maximum absolute atomic E-state index is 11.1. The molecular formula is C16H24N2O2. The van der Waals surface area contributed by atoms with Crippen molar-refractivity contribution in [1.82, 2.24) is 4.90 Å². The number of aliphatic carboxylic acids is 1. The predicted octanol–water partition coefficient (Wildman–Crippen LogP) is 1.97. The average molecular weight is 276 g/mol. The van der Waals surface area contributed by atoms with Crippen LogP contribution in [0.4, 0.5) is 0 Å². The predicted molar refractivity (Wildman–Crippen MR) is 79.6 cm³/mol. The molecule has 3 N–H and O–H groups in total. The van der Waals surface area contributed by atoms with Gasteiger partial charge >= 0.3 is 5.97 Å². The number of benzene rings is 1. The van der Waals surface area contributed by atoms with Crippen LogP contribution in [-0.2, 0) is 16.8 Å². The van der Waals surface area contributed by atoms with E-state index in [9.17, 15) is 4.79 Å². The van der Waals surface area contributed by atoms with E-state index in [2.05, 4.69) is 49.9 Å². The molecule has 1 aromatic rings. The van der Waals surface area contributed by atoms with E-state index < -0.39 is 11.5 Å². The van der Waals surface area contributed by atoms with Crippen LogP contribution >= 0.6 is 0 Å². The third kappa shape index (κ3) is 3.19. The average Bonchev–Trinajstić information content (AvgIpc) is 2.72. The van der Waals surface area contributed by atoms with Crippen molar-refractivity contribution < 1.29 is 9.90 Å². The van der Waals surface area contributed by atoms with E-state index in [1.165, 1.54) is 11.1 Å². The molecule has 4 nitrogen and oxygen atoms in total. The second-order valence-electron chi connectivity index (χ2n) is 6.87. The molecule has 1 aliphatic rings. The van der Waals surface area contributed by atoms with Gasteiger partial charge in [-0.05, 0) is 23.0 Å². The van der Waals surface area contributed by atoms with Gasteiger partial charge in [-0.1, -0.05) is 45.0 Å². The fourth-order valence-electron chi connectivity index (χ4n) is 2.59. The summed E-state index contributed by atoms with van der Waals surface area (Å²) >= 11 is 0. The van der Waals surface area contributed by atoms with Crippen LogP contribution in [0.15, 0.2) is 24.3 Å². The molecule has 0 radical (unpaired) electrons. The van der Waals surface area contributed by atoms with Crippen molar-refractivity contribution >= 4 is 5.97 Å². The van der Waals surface area contributed by atoms with Gasteiger partial charge in [0.2, 0.25) is 0 Å². The lowest BCUT2D eigenvalue weighted by molar-refractivity contribution is -0.142. The summed E-state index contributed by atoms with van der Waals surface area (Å²) in [7, 11) is 0. The highest BCUT2D eigenvalue weighted by Crippen LogP contribution is 2.24. The van der Waals surface area contributed by atoms with E-state index in [1.54, 1.807) is 0 Å². The number of rotatable bonds is 3. The molecule has 0 aromatic heterocycles. The first-order chi connectivity index (χ1) is 9.21. The van der Waals surface area contributed by atoms with Crippen LogP contribution < -0.4 is 5.73 Å². The summed E-state index contributed by atoms with van der Waals surface area (Å²) in [6, 6.07) is 8.55. The Bertz CT molecular complexity index is 490. The van der Waals surface area contributed by atoms with E-state index in [0.717, 1.165) is 13.1 Å². The van der Waals surface area contributed by atoms with Gasteiger partial charge in [-0.3, -0.25) is 9.69 Å². The highest BCUT2D eigenvalue weighted by Gasteiger charge is 2.40. The highest BCUT2D eigenvalue weighted by atomic mass is 16.4. The molecule has 0 spiro atoms. The summed E-state index contributed by atoms with van der Waals surface area (Å²) in [5.41, 5.74) is 7.47. The number of nitrogens with zero attached hydrogens (tertiary/aromatic N) is 1. The Labute approximate surface area is 120 Å². The Balaban J connectivity index is 2.00. The highest BCUT2D eigenvalue weighted by molar-refractivity contribution is 5.79. The summed E-state index contributed by atoms with van der Waals surface area (Å²) in [6.07, 6.45) is 0.516. The molecule has 1 aliphatic heterocycles. The maximum Gasteiger partial charge on any atom is 0.325 e. The third-order valence-corrected chi connectivity index (χ3v) is 4.03. The summed E-state index contributed by atoms with van der Waals surface area (Å²) in [4.78, 5) is 13.2. The SMILES string of the molecule is CC(C)(C)c1ccc(CN2CCC(N)(C(=O)O)C2)cc1. The summed E-state index contributed by atoms with van der Waals surface area (Å²) in [6.45, 7) is 8.50. The molecule has 0 aliphatic carbocycles. The molecule has 1 unspecified atom stereocenters. The fraction of sp³-hybridized carbons (Fsp3) is 0.562. The lowest BCUT2D eigenvalue weighted by Gasteiger charge is -2.21. The Morgan fingerprint density at radius 1 is 1.35 bits per heavy atom. The van der Waals surface area contributed by atoms with E-state index >= 15 is 0 Å². The molecule has 0 amide bonds. The van der Waals surface area contributed by atoms with Crippen molar-refractivity contribution in [3.63, 3.8) is 0 Å². The summed E-state index contributed by atoms with van der Waals surface area (Å²) < 4.78 is 0. The molecule has 2 rings (SSSR count). The Hall–Kier alpha value is -1.39. The molecule has 1 fully saturated rings. The zero-order valence-corrected chi connectivity index (χ0v) is 12.5. The molecule has 0 saturated carbocycles. The molecule has 4 heteroatoms. The zero-order chi connectivity index (χ0) is 15.0. The standard InChI is InChI=1S/C16H24N2O2/c1-15(2,3)13-6-4-12(5-7-13)10-18-9-8-16(17,11-18)14(19)20/h4-7H,8-11,17H2,1-3H3,(H,19,20). The van der Waals surface area contributed by atoms with Gasteiger partial charge in [0.1, 0.15) is 5.54 Å². The second-order valence-corrected chi connectivity index (χ2v) is 6.87. The molecule has 110 valence electrons. The smallest absolute Gasteiger partial charge is 0.325 e. The van der Waals surface area contributed by atoms with Crippen LogP contribution in [0.3, 0.4) is 0 Å². The molecule has 0 bridgehead atoms. The number of likely N-dealkylation sites (tertiary alicyclic amines) is 1. The van der Waals surface area contributed by atoms with Crippen LogP contribution in [0, 0.1) is 0 Å². The third-order valence-electron chi connectivity index (χ3n) is 4.03. The van der Waals surface area contributed by atoms with Crippen molar-refractivity contribution in [3.8, 4) is 0 Å². The van der Waals surface area contributed by atoms with Crippen molar-refractivity contribution in [1.29, 1.82) is 0 Å². The van der Waals surface area contributed by atoms with Gasteiger partial charge in [-0.2, -0.15) is 0 Å².